The average Bonchev–Trinajstić information content (AvgIpc) is 2.43. The number of carbonyl (C=O) groups excluding carboxylic acids is 1. The van der Waals surface area contributed by atoms with Crippen LogP contribution in [0.1, 0.15) is 43.6 Å². The molecule has 2 N–H and O–H groups in total. The monoisotopic (exact) mass is 304 g/mol. The first-order valence-corrected chi connectivity index (χ1v) is 7.38. The number of hydrogen-bond acceptors (Lipinski definition) is 4. The third-order valence-electron chi connectivity index (χ3n) is 4.30. The maximum Gasteiger partial charge on any atom is 0.331 e. The predicted octanol–water partition coefficient (Wildman–Crippen LogP) is 0.792. The van der Waals surface area contributed by atoms with E-state index in [-0.39, 0.29) is 5.91 Å². The molecule has 0 aliphatic carbocycles. The molecule has 22 heavy (non-hydrogen) atoms. The highest BCUT2D eigenvalue weighted by atomic mass is 16.5. The summed E-state index contributed by atoms with van der Waals surface area (Å²) in [4.78, 5) is 12.0. The van der Waals surface area contributed by atoms with Crippen LogP contribution in [0.2, 0.25) is 0 Å². The fraction of sp³-hybridized carbons (Fsp3) is 0.562. The second-order valence-corrected chi connectivity index (χ2v) is 6.57. The van der Waals surface area contributed by atoms with Crippen LogP contribution in [-0.4, -0.2) is 43.4 Å². The van der Waals surface area contributed by atoms with Gasteiger partial charge in [-0.1, -0.05) is 6.07 Å². The predicted molar refractivity (Wildman–Crippen MR) is 85.9 cm³/mol. The van der Waals surface area contributed by atoms with Crippen molar-refractivity contribution in [2.24, 2.45) is 0 Å². The van der Waals surface area contributed by atoms with E-state index in [2.05, 4.69) is 5.32 Å². The summed E-state index contributed by atoms with van der Waals surface area (Å²) in [6.45, 7) is 7.69. The molecule has 0 unspecified atom stereocenters. The summed E-state index contributed by atoms with van der Waals surface area (Å²) in [5, 5.41) is 12.9. The molecule has 1 aromatic carbocycles. The van der Waals surface area contributed by atoms with E-state index < -0.39 is 11.2 Å². The first-order chi connectivity index (χ1) is 10.2. The average molecular weight is 304 g/mol. The Morgan fingerprint density at radius 2 is 1.95 bits per heavy atom. The van der Waals surface area contributed by atoms with Gasteiger partial charge in [0.2, 0.25) is 0 Å². The van der Waals surface area contributed by atoms with Gasteiger partial charge in [0.15, 0.2) is 0 Å². The van der Waals surface area contributed by atoms with Crippen molar-refractivity contribution in [2.75, 3.05) is 13.7 Å². The highest BCUT2D eigenvalue weighted by Gasteiger charge is 2.36. The van der Waals surface area contributed by atoms with Crippen LogP contribution in [0.25, 0.3) is 0 Å². The number of carbonyl (C=O) groups is 1. The molecule has 1 amide bonds. The van der Waals surface area contributed by atoms with Gasteiger partial charge in [-0.3, -0.25) is 4.79 Å². The Kier molecular flexibility index (Phi) is 4.54. The van der Waals surface area contributed by atoms with Crippen LogP contribution in [0.5, 0.6) is 5.75 Å². The van der Waals surface area contributed by atoms with Gasteiger partial charge < -0.3 is 19.8 Å². The molecule has 6 heteroatoms. The lowest BCUT2D eigenvalue weighted by atomic mass is 9.80. The number of benzene rings is 1. The Balaban J connectivity index is 2.25. The zero-order valence-corrected chi connectivity index (χ0v) is 13.8. The van der Waals surface area contributed by atoms with Crippen molar-refractivity contribution < 1.29 is 19.3 Å². The minimum atomic E-state index is -0.984. The summed E-state index contributed by atoms with van der Waals surface area (Å²) >= 11 is 0. The smallest absolute Gasteiger partial charge is 0.331 e. The third kappa shape index (κ3) is 3.28. The number of aliphatic hydroxyl groups is 1. The largest absolute Gasteiger partial charge is 0.496 e. The van der Waals surface area contributed by atoms with Crippen molar-refractivity contribution in [1.82, 2.24) is 5.32 Å². The van der Waals surface area contributed by atoms with Gasteiger partial charge in [-0.2, -0.15) is 0 Å². The van der Waals surface area contributed by atoms with Crippen molar-refractivity contribution in [3.63, 3.8) is 0 Å². The molecule has 0 saturated carbocycles. The fourth-order valence-electron chi connectivity index (χ4n) is 2.14. The number of hydrogen-bond donors (Lipinski definition) is 2. The van der Waals surface area contributed by atoms with Gasteiger partial charge in [0.05, 0.1) is 23.9 Å². The van der Waals surface area contributed by atoms with E-state index in [1.807, 2.05) is 19.9 Å². The molecule has 2 rings (SSSR count). The maximum absolute atomic E-state index is 12.0. The lowest BCUT2D eigenvalue weighted by Crippen LogP contribution is -2.49. The highest BCUT2D eigenvalue weighted by Crippen LogP contribution is 2.26. The molecule has 0 aromatic heterocycles. The molecule has 0 bridgehead atoms. The summed E-state index contributed by atoms with van der Waals surface area (Å²) in [5.74, 6) is 0.424. The molecule has 5 nitrogen and oxygen atoms in total. The Labute approximate surface area is 132 Å². The van der Waals surface area contributed by atoms with Gasteiger partial charge in [-0.15, -0.1) is 0 Å². The molecule has 1 aromatic rings. The molecular formula is C16H23BNO4. The van der Waals surface area contributed by atoms with Gasteiger partial charge in [0.25, 0.3) is 5.91 Å². The molecule has 1 heterocycles. The number of rotatable bonds is 5. The highest BCUT2D eigenvalue weighted by molar-refractivity contribution is 6.47. The molecule has 1 aliphatic rings. The number of methoxy groups -OCH3 is 1. The second-order valence-electron chi connectivity index (χ2n) is 6.57. The molecule has 0 spiro atoms. The van der Waals surface area contributed by atoms with Gasteiger partial charge in [0, 0.05) is 6.54 Å². The normalized spacial score (nSPS) is 15.1. The van der Waals surface area contributed by atoms with Crippen molar-refractivity contribution in [1.29, 1.82) is 0 Å². The Morgan fingerprint density at radius 3 is 2.55 bits per heavy atom. The van der Waals surface area contributed by atoms with Gasteiger partial charge in [-0.25, -0.2) is 0 Å². The van der Waals surface area contributed by atoms with Crippen LogP contribution >= 0.6 is 0 Å². The van der Waals surface area contributed by atoms with E-state index in [9.17, 15) is 9.90 Å². The summed E-state index contributed by atoms with van der Waals surface area (Å²) in [6, 6.07) is 3.70. The minimum Gasteiger partial charge on any atom is -0.496 e. The summed E-state index contributed by atoms with van der Waals surface area (Å²) < 4.78 is 11.1. The zero-order valence-electron chi connectivity index (χ0n) is 13.8. The second kappa shape index (κ2) is 5.93. The number of ether oxygens (including phenoxy) is 1. The van der Waals surface area contributed by atoms with Crippen LogP contribution in [0.15, 0.2) is 12.1 Å². The van der Waals surface area contributed by atoms with E-state index in [1.54, 1.807) is 34.5 Å². The van der Waals surface area contributed by atoms with E-state index >= 15 is 0 Å². The first-order valence-electron chi connectivity index (χ1n) is 7.38. The van der Waals surface area contributed by atoms with Gasteiger partial charge in [-0.05, 0) is 51.2 Å². The van der Waals surface area contributed by atoms with Gasteiger partial charge in [0.1, 0.15) is 5.75 Å². The standard InChI is InChI=1S/C16H23BNO4/c1-15(2,20)16(3,4)22-17-11-8-10-6-7-18-14(19)13(10)12(9-11)21-5/h8-9,20H,6-7H2,1-5H3,(H,18,19). The third-order valence-corrected chi connectivity index (χ3v) is 4.30. The van der Waals surface area contributed by atoms with Crippen molar-refractivity contribution in [3.8, 4) is 5.75 Å². The molecule has 1 radical (unpaired) electrons. The quantitative estimate of drug-likeness (QED) is 0.789. The SMILES string of the molecule is COc1cc([B]OC(C)(C)C(C)(C)O)cc2c1C(=O)NCC2. The molecule has 0 fully saturated rings. The lowest BCUT2D eigenvalue weighted by Gasteiger charge is -2.37. The Hall–Kier alpha value is -1.53. The molecule has 119 valence electrons. The van der Waals surface area contributed by atoms with Crippen molar-refractivity contribution in [2.45, 2.75) is 45.3 Å². The van der Waals surface area contributed by atoms with E-state index in [4.69, 9.17) is 9.39 Å². The minimum absolute atomic E-state index is 0.109. The number of nitrogens with one attached hydrogen (secondary N) is 1. The number of fused-ring (bicyclic) bond motifs is 1. The van der Waals surface area contributed by atoms with Crippen LogP contribution in [-0.2, 0) is 11.1 Å². The van der Waals surface area contributed by atoms with E-state index in [0.717, 1.165) is 17.4 Å². The summed E-state index contributed by atoms with van der Waals surface area (Å²) in [5.41, 5.74) is 0.615. The van der Waals surface area contributed by atoms with E-state index in [0.29, 0.717) is 17.9 Å². The zero-order chi connectivity index (χ0) is 16.5. The Morgan fingerprint density at radius 1 is 1.27 bits per heavy atom. The van der Waals surface area contributed by atoms with Crippen LogP contribution in [0.4, 0.5) is 0 Å². The topological polar surface area (TPSA) is 67.8 Å². The number of amides is 1. The van der Waals surface area contributed by atoms with Gasteiger partial charge >= 0.3 is 7.48 Å². The molecular weight excluding hydrogens is 281 g/mol. The van der Waals surface area contributed by atoms with E-state index in [1.165, 1.54) is 0 Å². The molecule has 0 saturated heterocycles. The first kappa shape index (κ1) is 16.8. The summed E-state index contributed by atoms with van der Waals surface area (Å²) in [7, 11) is 3.15. The maximum atomic E-state index is 12.0. The fourth-order valence-corrected chi connectivity index (χ4v) is 2.14. The van der Waals surface area contributed by atoms with Crippen molar-refractivity contribution in [3.05, 3.63) is 23.3 Å². The Bertz CT molecular complexity index is 561. The van der Waals surface area contributed by atoms with Crippen LogP contribution in [0, 0.1) is 0 Å². The van der Waals surface area contributed by atoms with Crippen molar-refractivity contribution >= 4 is 18.9 Å². The lowest BCUT2D eigenvalue weighted by molar-refractivity contribution is -0.0893. The summed E-state index contributed by atoms with van der Waals surface area (Å²) in [6.07, 6.45) is 0.758. The molecule has 1 aliphatic heterocycles. The van der Waals surface area contributed by atoms with Crippen LogP contribution < -0.4 is 15.5 Å². The van der Waals surface area contributed by atoms with Crippen LogP contribution in [0.3, 0.4) is 0 Å². The molecule has 0 atom stereocenters.